The Morgan fingerprint density at radius 1 is 1.24 bits per heavy atom. The summed E-state index contributed by atoms with van der Waals surface area (Å²) in [5, 5.41) is 3.31. The molecule has 0 fully saturated rings. The highest BCUT2D eigenvalue weighted by molar-refractivity contribution is 7.16. The highest BCUT2D eigenvalue weighted by Gasteiger charge is 2.30. The number of aromatic nitrogens is 3. The van der Waals surface area contributed by atoms with Crippen molar-refractivity contribution in [3.63, 3.8) is 0 Å². The molecule has 1 atom stereocenters. The third-order valence-electron chi connectivity index (χ3n) is 5.06. The Labute approximate surface area is 198 Å². The number of benzene rings is 1. The molecule has 0 saturated heterocycles. The Kier molecular flexibility index (Phi) is 6.67. The van der Waals surface area contributed by atoms with E-state index >= 15 is 0 Å². The highest BCUT2D eigenvalue weighted by atomic mass is 32.1. The van der Waals surface area contributed by atoms with Crippen LogP contribution in [0.15, 0.2) is 42.7 Å². The molecule has 34 heavy (non-hydrogen) atoms. The van der Waals surface area contributed by atoms with Gasteiger partial charge < -0.3 is 15.0 Å². The average Bonchev–Trinajstić information content (AvgIpc) is 3.19. The van der Waals surface area contributed by atoms with Crippen molar-refractivity contribution < 1.29 is 22.7 Å². The quantitative estimate of drug-likeness (QED) is 0.522. The highest BCUT2D eigenvalue weighted by Crippen LogP contribution is 2.40. The van der Waals surface area contributed by atoms with Crippen LogP contribution >= 0.6 is 11.3 Å². The number of fused-ring (bicyclic) bond motifs is 1. The number of hydrogen-bond acceptors (Lipinski definition) is 7. The van der Waals surface area contributed by atoms with Crippen LogP contribution in [0.3, 0.4) is 0 Å². The monoisotopic (exact) mass is 489 g/mol. The van der Waals surface area contributed by atoms with Crippen LogP contribution in [0.25, 0.3) is 17.0 Å². The van der Waals surface area contributed by atoms with Gasteiger partial charge in [0, 0.05) is 16.5 Å². The lowest BCUT2D eigenvalue weighted by atomic mass is 9.98. The predicted octanol–water partition coefficient (Wildman–Crippen LogP) is 5.05. The van der Waals surface area contributed by atoms with Gasteiger partial charge in [0.2, 0.25) is 11.8 Å². The van der Waals surface area contributed by atoms with E-state index in [-0.39, 0.29) is 24.2 Å². The molecule has 1 aliphatic rings. The van der Waals surface area contributed by atoms with E-state index in [0.717, 1.165) is 23.4 Å². The minimum absolute atomic E-state index is 0.160. The summed E-state index contributed by atoms with van der Waals surface area (Å²) in [6, 6.07) is 6.30. The molecule has 1 unspecified atom stereocenters. The number of amides is 1. The lowest BCUT2D eigenvalue weighted by Crippen LogP contribution is -2.27. The molecule has 2 heterocycles. The summed E-state index contributed by atoms with van der Waals surface area (Å²) >= 11 is 1.41. The number of nitrogens with one attached hydrogen (secondary N) is 1. The van der Waals surface area contributed by atoms with Gasteiger partial charge in [-0.25, -0.2) is 15.0 Å². The molecular weight excluding hydrogens is 467 g/mol. The summed E-state index contributed by atoms with van der Waals surface area (Å²) < 4.78 is 44.5. The summed E-state index contributed by atoms with van der Waals surface area (Å²) in [4.78, 5) is 27.7. The average molecular weight is 490 g/mol. The van der Waals surface area contributed by atoms with Gasteiger partial charge in [0.05, 0.1) is 17.8 Å². The Balaban J connectivity index is 1.54. The molecular formula is C23H22F3N5O2S. The van der Waals surface area contributed by atoms with E-state index in [4.69, 9.17) is 4.74 Å². The van der Waals surface area contributed by atoms with Crippen molar-refractivity contribution in [3.05, 3.63) is 58.9 Å². The van der Waals surface area contributed by atoms with Crippen molar-refractivity contribution in [2.45, 2.75) is 25.4 Å². The zero-order valence-electron chi connectivity index (χ0n) is 18.7. The number of nitrogens with zero attached hydrogens (tertiary/aromatic N) is 4. The molecule has 0 radical (unpaired) electrons. The van der Waals surface area contributed by atoms with Crippen LogP contribution in [0, 0.1) is 0 Å². The predicted molar refractivity (Wildman–Crippen MR) is 123 cm³/mol. The molecule has 0 spiro atoms. The summed E-state index contributed by atoms with van der Waals surface area (Å²) in [5.41, 5.74) is 0.844. The number of ether oxygens (including phenoxy) is 1. The second-order valence-electron chi connectivity index (χ2n) is 8.14. The number of anilines is 1. The molecule has 1 aromatic carbocycles. The minimum Gasteiger partial charge on any atom is -0.437 e. The third-order valence-corrected chi connectivity index (χ3v) is 6.26. The van der Waals surface area contributed by atoms with Crippen LogP contribution in [-0.4, -0.2) is 46.4 Å². The molecule has 0 saturated carbocycles. The van der Waals surface area contributed by atoms with Gasteiger partial charge >= 0.3 is 6.18 Å². The lowest BCUT2D eigenvalue weighted by molar-refractivity contribution is -0.137. The molecule has 1 N–H and O–H groups in total. The minimum atomic E-state index is -4.40. The Hall–Kier alpha value is -3.31. The Bertz CT molecular complexity index is 1220. The number of halogens is 3. The smallest absolute Gasteiger partial charge is 0.416 e. The van der Waals surface area contributed by atoms with Crippen LogP contribution in [-0.2, 0) is 11.0 Å². The first-order chi connectivity index (χ1) is 16.1. The molecule has 178 valence electrons. The summed E-state index contributed by atoms with van der Waals surface area (Å²) in [6.07, 6.45) is -0.465. The zero-order chi connectivity index (χ0) is 24.5. The standard InChI is InChI=1S/C23H22F3N5O2S/c1-13-4-9-17(20-21(13)34-22(30-20)29-18(32)11-31(2)3)33-19-10-16(27-12-28-19)14-5-7-15(8-6-14)23(24,25)26/h5-10,12-13H,4,11H2,1-3H3,(H,29,30,32). The first-order valence-corrected chi connectivity index (χ1v) is 11.2. The van der Waals surface area contributed by atoms with E-state index in [0.29, 0.717) is 27.8 Å². The zero-order valence-corrected chi connectivity index (χ0v) is 19.5. The SMILES string of the molecule is CC1CC=C(Oc2cc(-c3ccc(C(F)(F)F)cc3)ncn2)c2nc(NC(=O)CN(C)C)sc21. The first kappa shape index (κ1) is 23.8. The van der Waals surface area contributed by atoms with Gasteiger partial charge in [-0.2, -0.15) is 13.2 Å². The number of carbonyl (C=O) groups excluding carboxylic acids is 1. The maximum Gasteiger partial charge on any atom is 0.416 e. The topological polar surface area (TPSA) is 80.2 Å². The van der Waals surface area contributed by atoms with Crippen LogP contribution in [0.2, 0.25) is 0 Å². The molecule has 7 nitrogen and oxygen atoms in total. The van der Waals surface area contributed by atoms with Crippen molar-refractivity contribution >= 4 is 28.1 Å². The molecule has 4 rings (SSSR count). The summed E-state index contributed by atoms with van der Waals surface area (Å²) in [5.74, 6) is 0.803. The Morgan fingerprint density at radius 2 is 1.97 bits per heavy atom. The Morgan fingerprint density at radius 3 is 2.65 bits per heavy atom. The fraction of sp³-hybridized carbons (Fsp3) is 0.304. The molecule has 1 aliphatic carbocycles. The van der Waals surface area contributed by atoms with Crippen molar-refractivity contribution in [1.82, 2.24) is 19.9 Å². The number of likely N-dealkylation sites (N-methyl/N-ethyl adjacent to an activating group) is 1. The van der Waals surface area contributed by atoms with Gasteiger partial charge in [-0.1, -0.05) is 19.1 Å². The van der Waals surface area contributed by atoms with Crippen LogP contribution in [0.5, 0.6) is 5.88 Å². The van der Waals surface area contributed by atoms with Gasteiger partial charge in [0.15, 0.2) is 10.9 Å². The maximum atomic E-state index is 12.8. The second kappa shape index (κ2) is 9.51. The van der Waals surface area contributed by atoms with Gasteiger partial charge in [-0.05, 0) is 44.6 Å². The molecule has 2 aromatic heterocycles. The fourth-order valence-electron chi connectivity index (χ4n) is 3.42. The van der Waals surface area contributed by atoms with Gasteiger partial charge in [0.1, 0.15) is 12.0 Å². The van der Waals surface area contributed by atoms with E-state index in [1.165, 1.54) is 29.8 Å². The molecule has 3 aromatic rings. The summed E-state index contributed by atoms with van der Waals surface area (Å²) in [7, 11) is 3.62. The number of rotatable bonds is 6. The molecule has 0 bridgehead atoms. The normalized spacial score (nSPS) is 15.6. The lowest BCUT2D eigenvalue weighted by Gasteiger charge is -2.17. The van der Waals surface area contributed by atoms with Gasteiger partial charge in [-0.3, -0.25) is 4.79 Å². The number of thiazole rings is 1. The molecule has 11 heteroatoms. The van der Waals surface area contributed by atoms with Crippen LogP contribution < -0.4 is 10.1 Å². The number of carbonyl (C=O) groups is 1. The van der Waals surface area contributed by atoms with Crippen molar-refractivity contribution in [2.75, 3.05) is 26.0 Å². The van der Waals surface area contributed by atoms with Crippen LogP contribution in [0.4, 0.5) is 18.3 Å². The van der Waals surface area contributed by atoms with Crippen molar-refractivity contribution in [3.8, 4) is 17.1 Å². The number of alkyl halides is 3. The third kappa shape index (κ3) is 5.42. The van der Waals surface area contributed by atoms with Crippen molar-refractivity contribution in [1.29, 1.82) is 0 Å². The van der Waals surface area contributed by atoms with Crippen LogP contribution in [0.1, 0.15) is 35.4 Å². The van der Waals surface area contributed by atoms with E-state index in [1.807, 2.05) is 20.2 Å². The van der Waals surface area contributed by atoms with Gasteiger partial charge in [0.25, 0.3) is 0 Å². The van der Waals surface area contributed by atoms with Gasteiger partial charge in [-0.15, -0.1) is 11.3 Å². The second-order valence-corrected chi connectivity index (χ2v) is 9.17. The number of allylic oxidation sites excluding steroid dienone is 1. The molecule has 0 aliphatic heterocycles. The van der Waals surface area contributed by atoms with E-state index < -0.39 is 11.7 Å². The summed E-state index contributed by atoms with van der Waals surface area (Å²) in [6.45, 7) is 2.32. The molecule has 1 amide bonds. The largest absolute Gasteiger partial charge is 0.437 e. The fourth-order valence-corrected chi connectivity index (χ4v) is 4.47. The number of hydrogen-bond donors (Lipinski definition) is 1. The van der Waals surface area contributed by atoms with E-state index in [2.05, 4.69) is 27.2 Å². The maximum absolute atomic E-state index is 12.8. The van der Waals surface area contributed by atoms with E-state index in [1.54, 1.807) is 11.0 Å². The van der Waals surface area contributed by atoms with E-state index in [9.17, 15) is 18.0 Å². The first-order valence-electron chi connectivity index (χ1n) is 10.4. The van der Waals surface area contributed by atoms with Crippen molar-refractivity contribution in [2.24, 2.45) is 0 Å².